The van der Waals surface area contributed by atoms with Crippen LogP contribution in [0.15, 0.2) is 42.6 Å². The lowest BCUT2D eigenvalue weighted by Crippen LogP contribution is -1.99. The normalized spacial score (nSPS) is 10.6. The van der Waals surface area contributed by atoms with Gasteiger partial charge in [-0.25, -0.2) is 4.98 Å². The maximum absolute atomic E-state index is 4.63. The molecule has 3 aromatic heterocycles. The van der Waals surface area contributed by atoms with E-state index in [0.717, 1.165) is 39.9 Å². The van der Waals surface area contributed by atoms with Crippen molar-refractivity contribution >= 4 is 0 Å². The number of nitrogens with zero attached hydrogens (tertiary/aromatic N) is 4. The highest BCUT2D eigenvalue weighted by molar-refractivity contribution is 5.74. The Morgan fingerprint density at radius 1 is 0.619 bits per heavy atom. The molecule has 3 aromatic rings. The van der Waals surface area contributed by atoms with Crippen LogP contribution in [0.1, 0.15) is 17.1 Å². The van der Waals surface area contributed by atoms with Crippen LogP contribution in [0, 0.1) is 20.8 Å². The van der Waals surface area contributed by atoms with Gasteiger partial charge in [0.2, 0.25) is 0 Å². The van der Waals surface area contributed by atoms with Gasteiger partial charge in [0.1, 0.15) is 11.4 Å². The van der Waals surface area contributed by atoms with Gasteiger partial charge in [0, 0.05) is 17.6 Å². The third-order valence-electron chi connectivity index (χ3n) is 3.15. The highest BCUT2D eigenvalue weighted by Gasteiger charge is 2.13. The van der Waals surface area contributed by atoms with Gasteiger partial charge < -0.3 is 0 Å². The second-order valence-electron chi connectivity index (χ2n) is 5.04. The molecule has 0 aliphatic carbocycles. The summed E-state index contributed by atoms with van der Waals surface area (Å²) in [4.78, 5) is 18.3. The lowest BCUT2D eigenvalue weighted by atomic mass is 10.1. The fraction of sp³-hybridized carbons (Fsp3) is 0.176. The van der Waals surface area contributed by atoms with Gasteiger partial charge >= 0.3 is 0 Å². The molecule has 4 nitrogen and oxygen atoms in total. The van der Waals surface area contributed by atoms with E-state index in [1.54, 1.807) is 6.20 Å². The zero-order chi connectivity index (χ0) is 14.8. The minimum atomic E-state index is 0.766. The zero-order valence-corrected chi connectivity index (χ0v) is 12.3. The van der Waals surface area contributed by atoms with Crippen molar-refractivity contribution in [3.63, 3.8) is 0 Å². The lowest BCUT2D eigenvalue weighted by molar-refractivity contribution is 1.08. The summed E-state index contributed by atoms with van der Waals surface area (Å²) in [7, 11) is 0. The van der Waals surface area contributed by atoms with Crippen LogP contribution in [0.5, 0.6) is 0 Å². The summed E-state index contributed by atoms with van der Waals surface area (Å²) in [5.74, 6) is 0. The molecule has 0 atom stereocenters. The van der Waals surface area contributed by atoms with Crippen LogP contribution in [0.25, 0.3) is 22.8 Å². The molecule has 0 N–H and O–H groups in total. The summed E-state index contributed by atoms with van der Waals surface area (Å²) < 4.78 is 0. The minimum Gasteiger partial charge on any atom is -0.251 e. The van der Waals surface area contributed by atoms with Crippen molar-refractivity contribution in [1.29, 1.82) is 0 Å². The molecule has 0 bridgehead atoms. The molecule has 0 aliphatic heterocycles. The van der Waals surface area contributed by atoms with E-state index in [9.17, 15) is 0 Å². The van der Waals surface area contributed by atoms with E-state index in [2.05, 4.69) is 19.9 Å². The van der Waals surface area contributed by atoms with Crippen LogP contribution in [-0.2, 0) is 0 Å². The Hall–Kier alpha value is -2.62. The first-order chi connectivity index (χ1) is 10.1. The summed E-state index contributed by atoms with van der Waals surface area (Å²) in [6, 6.07) is 11.8. The molecule has 0 amide bonds. The summed E-state index contributed by atoms with van der Waals surface area (Å²) in [6.45, 7) is 5.87. The summed E-state index contributed by atoms with van der Waals surface area (Å²) in [5.41, 5.74) is 5.96. The highest BCUT2D eigenvalue weighted by Crippen LogP contribution is 2.26. The van der Waals surface area contributed by atoms with E-state index in [0.29, 0.717) is 0 Å². The Kier molecular flexibility index (Phi) is 3.44. The van der Waals surface area contributed by atoms with Gasteiger partial charge in [-0.15, -0.1) is 0 Å². The predicted molar refractivity (Wildman–Crippen MR) is 82.7 cm³/mol. The Morgan fingerprint density at radius 3 is 1.76 bits per heavy atom. The number of aryl methyl sites for hydroxylation is 3. The van der Waals surface area contributed by atoms with Gasteiger partial charge in [0.15, 0.2) is 0 Å². The molecular weight excluding hydrogens is 260 g/mol. The van der Waals surface area contributed by atoms with Gasteiger partial charge in [0.25, 0.3) is 0 Å². The highest BCUT2D eigenvalue weighted by atomic mass is 14.9. The molecule has 0 fully saturated rings. The Morgan fingerprint density at radius 2 is 1.19 bits per heavy atom. The van der Waals surface area contributed by atoms with Crippen molar-refractivity contribution in [1.82, 2.24) is 19.9 Å². The van der Waals surface area contributed by atoms with Crippen LogP contribution >= 0.6 is 0 Å². The molecule has 3 heterocycles. The molecule has 0 aromatic carbocycles. The van der Waals surface area contributed by atoms with Gasteiger partial charge in [-0.1, -0.05) is 12.1 Å². The minimum absolute atomic E-state index is 0.766. The van der Waals surface area contributed by atoms with Crippen molar-refractivity contribution in [2.45, 2.75) is 20.8 Å². The van der Waals surface area contributed by atoms with Gasteiger partial charge in [-0.3, -0.25) is 15.0 Å². The second-order valence-corrected chi connectivity index (χ2v) is 5.04. The van der Waals surface area contributed by atoms with E-state index >= 15 is 0 Å². The molecule has 104 valence electrons. The van der Waals surface area contributed by atoms with E-state index in [1.165, 1.54) is 0 Å². The quantitative estimate of drug-likeness (QED) is 0.718. The Labute approximate surface area is 124 Å². The van der Waals surface area contributed by atoms with Crippen LogP contribution in [0.3, 0.4) is 0 Å². The summed E-state index contributed by atoms with van der Waals surface area (Å²) in [5, 5.41) is 0. The van der Waals surface area contributed by atoms with Crippen molar-refractivity contribution in [2.24, 2.45) is 0 Å². The SMILES string of the molecule is Cc1cccc(-c2ncc(C)nc2-c2cccc(C)n2)n1. The maximum atomic E-state index is 4.63. The van der Waals surface area contributed by atoms with Crippen molar-refractivity contribution in [3.05, 3.63) is 59.7 Å². The van der Waals surface area contributed by atoms with E-state index in [-0.39, 0.29) is 0 Å². The molecule has 0 radical (unpaired) electrons. The average molecular weight is 276 g/mol. The molecule has 21 heavy (non-hydrogen) atoms. The number of hydrogen-bond acceptors (Lipinski definition) is 4. The maximum Gasteiger partial charge on any atom is 0.117 e. The first-order valence-electron chi connectivity index (χ1n) is 6.85. The fourth-order valence-electron chi connectivity index (χ4n) is 2.19. The van der Waals surface area contributed by atoms with Gasteiger partial charge in [-0.2, -0.15) is 0 Å². The molecule has 0 saturated heterocycles. The van der Waals surface area contributed by atoms with Crippen LogP contribution in [0.2, 0.25) is 0 Å². The van der Waals surface area contributed by atoms with Crippen LogP contribution < -0.4 is 0 Å². The Balaban J connectivity index is 2.22. The molecule has 0 unspecified atom stereocenters. The van der Waals surface area contributed by atoms with Crippen molar-refractivity contribution in [2.75, 3.05) is 0 Å². The van der Waals surface area contributed by atoms with E-state index < -0.39 is 0 Å². The molecular formula is C17H16N4. The molecule has 0 aliphatic rings. The summed E-state index contributed by atoms with van der Waals surface area (Å²) >= 11 is 0. The monoisotopic (exact) mass is 276 g/mol. The van der Waals surface area contributed by atoms with Gasteiger partial charge in [0.05, 0.1) is 17.1 Å². The number of rotatable bonds is 2. The number of aromatic nitrogens is 4. The number of hydrogen-bond donors (Lipinski definition) is 0. The Bertz CT molecular complexity index is 796. The first-order valence-corrected chi connectivity index (χ1v) is 6.85. The summed E-state index contributed by atoms with van der Waals surface area (Å²) in [6.07, 6.45) is 1.76. The molecule has 3 rings (SSSR count). The molecule has 0 saturated carbocycles. The third kappa shape index (κ3) is 2.79. The fourth-order valence-corrected chi connectivity index (χ4v) is 2.19. The first kappa shape index (κ1) is 13.4. The second kappa shape index (κ2) is 5.40. The smallest absolute Gasteiger partial charge is 0.117 e. The van der Waals surface area contributed by atoms with E-state index in [1.807, 2.05) is 57.2 Å². The van der Waals surface area contributed by atoms with E-state index in [4.69, 9.17) is 0 Å². The molecule has 4 heteroatoms. The zero-order valence-electron chi connectivity index (χ0n) is 12.3. The third-order valence-corrected chi connectivity index (χ3v) is 3.15. The average Bonchev–Trinajstić information content (AvgIpc) is 2.47. The van der Waals surface area contributed by atoms with Crippen molar-refractivity contribution in [3.8, 4) is 22.8 Å². The van der Waals surface area contributed by atoms with Crippen molar-refractivity contribution < 1.29 is 0 Å². The van der Waals surface area contributed by atoms with Gasteiger partial charge in [-0.05, 0) is 45.0 Å². The molecule has 0 spiro atoms. The predicted octanol–water partition coefficient (Wildman–Crippen LogP) is 3.53. The standard InChI is InChI=1S/C17H16N4/c1-11-6-4-8-14(19-11)16-17(21-13(3)10-18-16)15-9-5-7-12(2)20-15/h4-10H,1-3H3. The number of pyridine rings is 2. The topological polar surface area (TPSA) is 51.6 Å². The lowest BCUT2D eigenvalue weighted by Gasteiger charge is -2.09. The largest absolute Gasteiger partial charge is 0.251 e. The van der Waals surface area contributed by atoms with Crippen LogP contribution in [-0.4, -0.2) is 19.9 Å². The van der Waals surface area contributed by atoms with Crippen LogP contribution in [0.4, 0.5) is 0 Å².